The molecule has 2 radical (unpaired) electrons. The molecule has 0 aliphatic heterocycles. The molecule has 0 N–H and O–H groups in total. The van der Waals surface area contributed by atoms with Crippen molar-refractivity contribution in [2.75, 3.05) is 0 Å². The molecular formula is C5H6BCl2N2+. The van der Waals surface area contributed by atoms with Gasteiger partial charge in [0.2, 0.25) is 7.85 Å². The molecule has 0 saturated carbocycles. The van der Waals surface area contributed by atoms with Crippen LogP contribution >= 0.6 is 23.2 Å². The number of hydrogen-bond donors (Lipinski definition) is 0. The summed E-state index contributed by atoms with van der Waals surface area (Å²) in [5.74, 6) is 0. The first-order valence-electron chi connectivity index (χ1n) is 2.71. The first-order chi connectivity index (χ1) is 4.55. The fourth-order valence-electron chi connectivity index (χ4n) is 0.703. The van der Waals surface area contributed by atoms with E-state index in [0.29, 0.717) is 16.0 Å². The SMILES string of the molecule is [B]c1n(C)c(Cl)c(Cl)[n+]1C. The minimum Gasteiger partial charge on any atom is -0.230 e. The van der Waals surface area contributed by atoms with Crippen LogP contribution in [0.15, 0.2) is 0 Å². The van der Waals surface area contributed by atoms with Crippen LogP contribution in [-0.2, 0) is 14.1 Å². The lowest BCUT2D eigenvalue weighted by molar-refractivity contribution is -0.650. The molecule has 0 aliphatic carbocycles. The smallest absolute Gasteiger partial charge is 0.230 e. The summed E-state index contributed by atoms with van der Waals surface area (Å²) in [4.78, 5) is 0. The molecule has 0 bridgehead atoms. The summed E-state index contributed by atoms with van der Waals surface area (Å²) in [6, 6.07) is 0. The van der Waals surface area contributed by atoms with Gasteiger partial charge in [0.1, 0.15) is 0 Å². The fourth-order valence-corrected chi connectivity index (χ4v) is 1.13. The quantitative estimate of drug-likeness (QED) is 0.387. The van der Waals surface area contributed by atoms with Crippen molar-refractivity contribution in [1.82, 2.24) is 4.57 Å². The molecule has 0 atom stereocenters. The molecule has 1 heterocycles. The Bertz CT molecular complexity index is 189. The normalized spacial score (nSPS) is 10.4. The molecule has 0 aromatic carbocycles. The van der Waals surface area contributed by atoms with Crippen molar-refractivity contribution < 1.29 is 4.57 Å². The molecule has 10 heavy (non-hydrogen) atoms. The number of halogens is 2. The average molecular weight is 176 g/mol. The van der Waals surface area contributed by atoms with E-state index in [1.165, 1.54) is 0 Å². The molecule has 0 fully saturated rings. The van der Waals surface area contributed by atoms with E-state index >= 15 is 0 Å². The maximum Gasteiger partial charge on any atom is 0.254 e. The zero-order chi connectivity index (χ0) is 7.89. The molecule has 1 rings (SSSR count). The van der Waals surface area contributed by atoms with Crippen molar-refractivity contribution in [3.8, 4) is 0 Å². The highest BCUT2D eigenvalue weighted by atomic mass is 35.5. The van der Waals surface area contributed by atoms with Gasteiger partial charge in [0, 0.05) is 0 Å². The third-order valence-electron chi connectivity index (χ3n) is 1.45. The summed E-state index contributed by atoms with van der Waals surface area (Å²) in [6.45, 7) is 0. The minimum atomic E-state index is 0.460. The van der Waals surface area contributed by atoms with E-state index in [1.54, 1.807) is 23.2 Å². The predicted molar refractivity (Wildman–Crippen MR) is 42.0 cm³/mol. The van der Waals surface area contributed by atoms with Gasteiger partial charge in [-0.3, -0.25) is 0 Å². The molecule has 0 amide bonds. The van der Waals surface area contributed by atoms with Gasteiger partial charge in [0.25, 0.3) is 10.3 Å². The molecule has 2 nitrogen and oxygen atoms in total. The van der Waals surface area contributed by atoms with Crippen LogP contribution in [0.25, 0.3) is 0 Å². The van der Waals surface area contributed by atoms with E-state index < -0.39 is 0 Å². The second-order valence-corrected chi connectivity index (χ2v) is 2.77. The Morgan fingerprint density at radius 3 is 2.10 bits per heavy atom. The molecule has 1 aromatic rings. The predicted octanol–water partition coefficient (Wildman–Crippen LogP) is -0.0498. The van der Waals surface area contributed by atoms with Crippen LogP contribution in [0.5, 0.6) is 0 Å². The van der Waals surface area contributed by atoms with Gasteiger partial charge in [-0.25, -0.2) is 9.13 Å². The number of imidazole rings is 1. The average Bonchev–Trinajstić information content (AvgIpc) is 2.07. The number of nitrogens with zero attached hydrogens (tertiary/aromatic N) is 2. The lowest BCUT2D eigenvalue weighted by Gasteiger charge is -1.87. The molecule has 0 spiro atoms. The Balaban J connectivity index is 3.44. The molecule has 0 aliphatic rings. The van der Waals surface area contributed by atoms with Gasteiger partial charge in [0.15, 0.2) is 5.72 Å². The van der Waals surface area contributed by atoms with Crippen LogP contribution < -0.4 is 10.3 Å². The minimum absolute atomic E-state index is 0.460. The molecule has 0 saturated heterocycles. The standard InChI is InChI=1S/C5H6BCl2N2/c1-9-3(7)4(8)10(2)5(9)6/h1-2H3/q+1. The topological polar surface area (TPSA) is 8.81 Å². The summed E-state index contributed by atoms with van der Waals surface area (Å²) >= 11 is 11.5. The first-order valence-corrected chi connectivity index (χ1v) is 3.46. The molecule has 52 valence electrons. The Morgan fingerprint density at radius 2 is 2.00 bits per heavy atom. The Hall–Kier alpha value is -0.145. The second kappa shape index (κ2) is 2.48. The number of rotatable bonds is 0. The van der Waals surface area contributed by atoms with E-state index in [4.69, 9.17) is 31.0 Å². The van der Waals surface area contributed by atoms with Crippen molar-refractivity contribution in [3.63, 3.8) is 0 Å². The largest absolute Gasteiger partial charge is 0.254 e. The van der Waals surface area contributed by atoms with E-state index in [-0.39, 0.29) is 0 Å². The van der Waals surface area contributed by atoms with E-state index in [0.717, 1.165) is 0 Å². The van der Waals surface area contributed by atoms with Gasteiger partial charge in [-0.15, -0.1) is 0 Å². The molecule has 5 heteroatoms. The summed E-state index contributed by atoms with van der Waals surface area (Å²) in [7, 11) is 9.07. The zero-order valence-corrected chi connectivity index (χ0v) is 7.24. The van der Waals surface area contributed by atoms with Crippen LogP contribution in [0.3, 0.4) is 0 Å². The highest BCUT2D eigenvalue weighted by molar-refractivity contribution is 6.41. The van der Waals surface area contributed by atoms with Crippen molar-refractivity contribution in [2.45, 2.75) is 0 Å². The van der Waals surface area contributed by atoms with E-state index in [1.807, 2.05) is 0 Å². The highest BCUT2D eigenvalue weighted by Gasteiger charge is 2.18. The third-order valence-corrected chi connectivity index (χ3v) is 2.41. The zero-order valence-electron chi connectivity index (χ0n) is 5.73. The van der Waals surface area contributed by atoms with E-state index in [9.17, 15) is 0 Å². The maximum atomic E-state index is 5.73. The Kier molecular flexibility index (Phi) is 1.97. The van der Waals surface area contributed by atoms with Gasteiger partial charge in [-0.2, -0.15) is 0 Å². The molecule has 1 aromatic heterocycles. The van der Waals surface area contributed by atoms with Gasteiger partial charge in [-0.1, -0.05) is 0 Å². The summed E-state index contributed by atoms with van der Waals surface area (Å²) < 4.78 is 3.23. The van der Waals surface area contributed by atoms with Crippen molar-refractivity contribution in [2.24, 2.45) is 14.1 Å². The van der Waals surface area contributed by atoms with E-state index in [2.05, 4.69) is 0 Å². The van der Waals surface area contributed by atoms with Gasteiger partial charge in [-0.05, 0) is 23.2 Å². The van der Waals surface area contributed by atoms with Crippen LogP contribution in [0.1, 0.15) is 0 Å². The number of aromatic nitrogens is 2. The first kappa shape index (κ1) is 7.96. The van der Waals surface area contributed by atoms with Crippen LogP contribution in [0, 0.1) is 0 Å². The summed E-state index contributed by atoms with van der Waals surface area (Å²) in [5, 5.41) is 0.920. The summed E-state index contributed by atoms with van der Waals surface area (Å²) in [6.07, 6.45) is 0. The highest BCUT2D eigenvalue weighted by Crippen LogP contribution is 2.14. The van der Waals surface area contributed by atoms with Crippen LogP contribution in [0.4, 0.5) is 0 Å². The number of hydrogen-bond acceptors (Lipinski definition) is 0. The monoisotopic (exact) mass is 175 g/mol. The van der Waals surface area contributed by atoms with Gasteiger partial charge < -0.3 is 0 Å². The third kappa shape index (κ3) is 0.936. The van der Waals surface area contributed by atoms with Crippen molar-refractivity contribution >= 4 is 36.8 Å². The van der Waals surface area contributed by atoms with Gasteiger partial charge >= 0.3 is 0 Å². The molecular weight excluding hydrogens is 170 g/mol. The second-order valence-electron chi connectivity index (χ2n) is 2.06. The van der Waals surface area contributed by atoms with Crippen LogP contribution in [-0.4, -0.2) is 12.4 Å². The lowest BCUT2D eigenvalue weighted by atomic mass is 10.1. The van der Waals surface area contributed by atoms with Crippen molar-refractivity contribution in [1.29, 1.82) is 0 Å². The van der Waals surface area contributed by atoms with Gasteiger partial charge in [0.05, 0.1) is 14.1 Å². The lowest BCUT2D eigenvalue weighted by Crippen LogP contribution is -2.46. The Morgan fingerprint density at radius 1 is 1.50 bits per heavy atom. The summed E-state index contributed by atoms with van der Waals surface area (Å²) in [5.41, 5.74) is 0.537. The maximum absolute atomic E-state index is 5.73. The fraction of sp³-hybridized carbons (Fsp3) is 0.400. The van der Waals surface area contributed by atoms with Crippen molar-refractivity contribution in [3.05, 3.63) is 10.3 Å². The van der Waals surface area contributed by atoms with Crippen LogP contribution in [0.2, 0.25) is 10.3 Å². The molecule has 0 unspecified atom stereocenters. The Labute approximate surface area is 70.8 Å².